The van der Waals surface area contributed by atoms with Gasteiger partial charge in [-0.2, -0.15) is 0 Å². The Labute approximate surface area is 119 Å². The third-order valence-corrected chi connectivity index (χ3v) is 3.44. The zero-order valence-corrected chi connectivity index (χ0v) is 11.2. The normalized spacial score (nSPS) is 22.2. The zero-order chi connectivity index (χ0) is 14.0. The fourth-order valence-electron chi connectivity index (χ4n) is 1.86. The van der Waals surface area contributed by atoms with E-state index in [-0.39, 0.29) is 23.8 Å². The minimum absolute atomic E-state index is 0.0919. The molecule has 19 heavy (non-hydrogen) atoms. The van der Waals surface area contributed by atoms with E-state index in [1.165, 1.54) is 12.1 Å². The lowest BCUT2D eigenvalue weighted by Gasteiger charge is -2.16. The largest absolute Gasteiger partial charge is 0.481 e. The quantitative estimate of drug-likeness (QED) is 0.893. The summed E-state index contributed by atoms with van der Waals surface area (Å²) in [4.78, 5) is 23.0. The van der Waals surface area contributed by atoms with Gasteiger partial charge in [0, 0.05) is 5.02 Å². The average Bonchev–Trinajstić information content (AvgIpc) is 2.76. The van der Waals surface area contributed by atoms with Crippen LogP contribution < -0.4 is 5.32 Å². The summed E-state index contributed by atoms with van der Waals surface area (Å²) in [6, 6.07) is 3.93. The van der Waals surface area contributed by atoms with Crippen LogP contribution in [0.1, 0.15) is 10.4 Å². The molecule has 1 amide bonds. The number of amides is 1. The summed E-state index contributed by atoms with van der Waals surface area (Å²) < 4.78 is 5.07. The molecule has 0 aliphatic carbocycles. The number of carbonyl (C=O) groups is 2. The molecule has 1 aromatic rings. The maximum Gasteiger partial charge on any atom is 0.311 e. The van der Waals surface area contributed by atoms with E-state index in [9.17, 15) is 9.59 Å². The molecule has 0 saturated carbocycles. The maximum atomic E-state index is 12.0. The van der Waals surface area contributed by atoms with Crippen molar-refractivity contribution in [3.63, 3.8) is 0 Å². The second-order valence-corrected chi connectivity index (χ2v) is 5.03. The van der Waals surface area contributed by atoms with E-state index in [1.54, 1.807) is 6.07 Å². The number of ether oxygens (including phenoxy) is 1. The molecule has 1 saturated heterocycles. The summed E-state index contributed by atoms with van der Waals surface area (Å²) in [5.74, 6) is -2.18. The molecule has 0 aromatic heterocycles. The second kappa shape index (κ2) is 5.77. The van der Waals surface area contributed by atoms with Gasteiger partial charge in [-0.05, 0) is 18.2 Å². The second-order valence-electron chi connectivity index (χ2n) is 4.19. The van der Waals surface area contributed by atoms with Crippen LogP contribution in [0.5, 0.6) is 0 Å². The van der Waals surface area contributed by atoms with Crippen molar-refractivity contribution in [1.29, 1.82) is 0 Å². The first-order chi connectivity index (χ1) is 8.99. The van der Waals surface area contributed by atoms with Gasteiger partial charge >= 0.3 is 5.97 Å². The van der Waals surface area contributed by atoms with E-state index >= 15 is 0 Å². The molecular formula is C12H11Cl2NO4. The molecule has 1 aliphatic heterocycles. The van der Waals surface area contributed by atoms with E-state index < -0.39 is 23.8 Å². The topological polar surface area (TPSA) is 75.6 Å². The summed E-state index contributed by atoms with van der Waals surface area (Å²) in [6.45, 7) is 0.266. The molecule has 0 radical (unpaired) electrons. The molecule has 2 unspecified atom stereocenters. The third kappa shape index (κ3) is 3.18. The van der Waals surface area contributed by atoms with Crippen molar-refractivity contribution in [2.75, 3.05) is 13.2 Å². The highest BCUT2D eigenvalue weighted by Crippen LogP contribution is 2.22. The van der Waals surface area contributed by atoms with E-state index in [0.717, 1.165) is 0 Å². The molecule has 1 aromatic carbocycles. The monoisotopic (exact) mass is 303 g/mol. The minimum Gasteiger partial charge on any atom is -0.481 e. The lowest BCUT2D eigenvalue weighted by molar-refractivity contribution is -0.142. The number of hydrogen-bond acceptors (Lipinski definition) is 3. The molecule has 0 spiro atoms. The number of rotatable bonds is 3. The molecule has 5 nitrogen and oxygen atoms in total. The molecule has 2 N–H and O–H groups in total. The van der Waals surface area contributed by atoms with Gasteiger partial charge in [0.15, 0.2) is 0 Å². The highest BCUT2D eigenvalue weighted by Gasteiger charge is 2.35. The van der Waals surface area contributed by atoms with Crippen LogP contribution in [-0.2, 0) is 9.53 Å². The first kappa shape index (κ1) is 14.1. The summed E-state index contributed by atoms with van der Waals surface area (Å²) in [5.41, 5.74) is 0.252. The zero-order valence-electron chi connectivity index (χ0n) is 9.73. The van der Waals surface area contributed by atoms with Crippen LogP contribution in [0.2, 0.25) is 10.0 Å². The van der Waals surface area contributed by atoms with Gasteiger partial charge < -0.3 is 15.2 Å². The summed E-state index contributed by atoms with van der Waals surface area (Å²) in [6.07, 6.45) is 0. The smallest absolute Gasteiger partial charge is 0.311 e. The van der Waals surface area contributed by atoms with Crippen molar-refractivity contribution in [1.82, 2.24) is 5.32 Å². The number of halogens is 2. The predicted octanol–water partition coefficient (Wildman–Crippen LogP) is 1.82. The Bertz CT molecular complexity index is 520. The molecule has 2 atom stereocenters. The fraction of sp³-hybridized carbons (Fsp3) is 0.333. The first-order valence-electron chi connectivity index (χ1n) is 5.55. The number of benzene rings is 1. The van der Waals surface area contributed by atoms with Crippen molar-refractivity contribution >= 4 is 35.1 Å². The summed E-state index contributed by atoms with van der Waals surface area (Å²) in [7, 11) is 0. The summed E-state index contributed by atoms with van der Waals surface area (Å²) >= 11 is 11.7. The molecule has 0 bridgehead atoms. The predicted molar refractivity (Wildman–Crippen MR) is 69.7 cm³/mol. The number of carboxylic acid groups (broad SMARTS) is 1. The van der Waals surface area contributed by atoms with Gasteiger partial charge in [-0.15, -0.1) is 0 Å². The lowest BCUT2D eigenvalue weighted by atomic mass is 10.0. The Morgan fingerprint density at radius 1 is 1.32 bits per heavy atom. The number of carboxylic acids is 1. The van der Waals surface area contributed by atoms with Crippen molar-refractivity contribution in [2.45, 2.75) is 6.04 Å². The van der Waals surface area contributed by atoms with E-state index in [0.29, 0.717) is 5.02 Å². The molecule has 1 fully saturated rings. The molecule has 1 aliphatic rings. The fourth-order valence-corrected chi connectivity index (χ4v) is 2.35. The Morgan fingerprint density at radius 2 is 2.05 bits per heavy atom. The van der Waals surface area contributed by atoms with E-state index in [1.807, 2.05) is 0 Å². The number of carbonyl (C=O) groups excluding carboxylic acids is 1. The Hall–Kier alpha value is -1.30. The van der Waals surface area contributed by atoms with Crippen molar-refractivity contribution in [3.8, 4) is 0 Å². The molecular weight excluding hydrogens is 293 g/mol. The van der Waals surface area contributed by atoms with Crippen LogP contribution in [0.25, 0.3) is 0 Å². The molecule has 2 rings (SSSR count). The van der Waals surface area contributed by atoms with Crippen LogP contribution in [0.15, 0.2) is 18.2 Å². The van der Waals surface area contributed by atoms with Crippen LogP contribution in [-0.4, -0.2) is 36.2 Å². The van der Waals surface area contributed by atoms with Gasteiger partial charge in [0.25, 0.3) is 5.91 Å². The number of aliphatic carboxylic acids is 1. The highest BCUT2D eigenvalue weighted by molar-refractivity contribution is 6.36. The maximum absolute atomic E-state index is 12.0. The first-order valence-corrected chi connectivity index (χ1v) is 6.31. The summed E-state index contributed by atoms with van der Waals surface area (Å²) in [5, 5.41) is 12.2. The molecule has 1 heterocycles. The average molecular weight is 304 g/mol. The SMILES string of the molecule is O=C(NC1COCC1C(=O)O)c1ccc(Cl)cc1Cl. The number of hydrogen-bond donors (Lipinski definition) is 2. The van der Waals surface area contributed by atoms with Crippen LogP contribution in [0.3, 0.4) is 0 Å². The minimum atomic E-state index is -0.995. The standard InChI is InChI=1S/C12H11Cl2NO4/c13-6-1-2-7(9(14)3-6)11(16)15-10-5-19-4-8(10)12(17)18/h1-3,8,10H,4-5H2,(H,15,16)(H,17,18). The van der Waals surface area contributed by atoms with Gasteiger partial charge in [0.2, 0.25) is 0 Å². The van der Waals surface area contributed by atoms with Gasteiger partial charge in [0.1, 0.15) is 5.92 Å². The Balaban J connectivity index is 2.10. The number of nitrogens with one attached hydrogen (secondary N) is 1. The van der Waals surface area contributed by atoms with Gasteiger partial charge in [0.05, 0.1) is 29.8 Å². The van der Waals surface area contributed by atoms with Gasteiger partial charge in [-0.1, -0.05) is 23.2 Å². The molecule has 7 heteroatoms. The Morgan fingerprint density at radius 3 is 2.68 bits per heavy atom. The lowest BCUT2D eigenvalue weighted by Crippen LogP contribution is -2.42. The van der Waals surface area contributed by atoms with Gasteiger partial charge in [-0.3, -0.25) is 9.59 Å². The van der Waals surface area contributed by atoms with Crippen molar-refractivity contribution in [2.24, 2.45) is 5.92 Å². The van der Waals surface area contributed by atoms with Crippen molar-refractivity contribution < 1.29 is 19.4 Å². The van der Waals surface area contributed by atoms with Crippen LogP contribution in [0, 0.1) is 5.92 Å². The van der Waals surface area contributed by atoms with Crippen molar-refractivity contribution in [3.05, 3.63) is 33.8 Å². The highest BCUT2D eigenvalue weighted by atomic mass is 35.5. The van der Waals surface area contributed by atoms with Crippen LogP contribution in [0.4, 0.5) is 0 Å². The van der Waals surface area contributed by atoms with E-state index in [2.05, 4.69) is 5.32 Å². The third-order valence-electron chi connectivity index (χ3n) is 2.89. The molecule has 102 valence electrons. The van der Waals surface area contributed by atoms with E-state index in [4.69, 9.17) is 33.0 Å². The Kier molecular flexibility index (Phi) is 4.29. The van der Waals surface area contributed by atoms with Crippen LogP contribution >= 0.6 is 23.2 Å². The van der Waals surface area contributed by atoms with Gasteiger partial charge in [-0.25, -0.2) is 0 Å².